The van der Waals surface area contributed by atoms with Crippen LogP contribution in [0.5, 0.6) is 0 Å². The van der Waals surface area contributed by atoms with Gasteiger partial charge in [-0.3, -0.25) is 14.4 Å². The summed E-state index contributed by atoms with van der Waals surface area (Å²) in [4.78, 5) is 38.0. The van der Waals surface area contributed by atoms with E-state index < -0.39 is 6.10 Å². The molecule has 0 radical (unpaired) electrons. The first-order valence-electron chi connectivity index (χ1n) is 26.3. The molecule has 0 N–H and O–H groups in total. The van der Waals surface area contributed by atoms with Crippen LogP contribution in [-0.4, -0.2) is 37.2 Å². The van der Waals surface area contributed by atoms with Gasteiger partial charge in [0.1, 0.15) is 13.2 Å². The Morgan fingerprint density at radius 3 is 0.833 bits per heavy atom. The van der Waals surface area contributed by atoms with Crippen LogP contribution in [0, 0.1) is 0 Å². The molecule has 0 aromatic carbocycles. The highest BCUT2D eigenvalue weighted by molar-refractivity contribution is 5.71. The van der Waals surface area contributed by atoms with Gasteiger partial charge in [0.25, 0.3) is 0 Å². The van der Waals surface area contributed by atoms with Crippen molar-refractivity contribution in [1.29, 1.82) is 0 Å². The van der Waals surface area contributed by atoms with Crippen LogP contribution in [0.15, 0.2) is 24.3 Å². The molecule has 0 aromatic heterocycles. The highest BCUT2D eigenvalue weighted by Crippen LogP contribution is 2.15. The standard InChI is InChI=1S/C54H100O6/c1-4-7-10-13-16-19-22-25-27-30-32-35-38-41-44-47-53(56)59-50-51(49-58-52(55)46-43-40-37-34-31-28-24-21-18-15-12-9-6-3)60-54(57)48-45-42-39-36-33-29-26-23-20-17-14-11-8-5-2/h23,25-27,51H,4-22,24,28-50H2,1-3H3/b26-23-,27-25-. The maximum absolute atomic E-state index is 12.8. The number of carbonyl (C=O) groups is 3. The summed E-state index contributed by atoms with van der Waals surface area (Å²) in [6.45, 7) is 6.63. The predicted molar refractivity (Wildman–Crippen MR) is 256 cm³/mol. The Bertz CT molecular complexity index is 973. The number of rotatable bonds is 48. The third-order valence-electron chi connectivity index (χ3n) is 11.7. The molecule has 6 heteroatoms. The fraction of sp³-hybridized carbons (Fsp3) is 0.870. The zero-order valence-corrected chi connectivity index (χ0v) is 40.2. The monoisotopic (exact) mass is 845 g/mol. The van der Waals surface area contributed by atoms with Crippen molar-refractivity contribution in [2.45, 2.75) is 290 Å². The van der Waals surface area contributed by atoms with Gasteiger partial charge < -0.3 is 14.2 Å². The number of esters is 3. The van der Waals surface area contributed by atoms with Crippen molar-refractivity contribution in [3.8, 4) is 0 Å². The van der Waals surface area contributed by atoms with Gasteiger partial charge in [-0.1, -0.05) is 218 Å². The van der Waals surface area contributed by atoms with Crippen molar-refractivity contribution < 1.29 is 28.6 Å². The third kappa shape index (κ3) is 46.9. The van der Waals surface area contributed by atoms with Crippen molar-refractivity contribution in [2.24, 2.45) is 0 Å². The zero-order chi connectivity index (χ0) is 43.7. The Balaban J connectivity index is 4.37. The summed E-state index contributed by atoms with van der Waals surface area (Å²) < 4.78 is 16.8. The molecule has 0 aromatic rings. The Morgan fingerprint density at radius 2 is 0.550 bits per heavy atom. The van der Waals surface area contributed by atoms with Gasteiger partial charge in [-0.15, -0.1) is 0 Å². The molecular formula is C54H100O6. The topological polar surface area (TPSA) is 78.9 Å². The maximum atomic E-state index is 12.8. The molecule has 0 rings (SSSR count). The van der Waals surface area contributed by atoms with Crippen molar-refractivity contribution >= 4 is 17.9 Å². The Hall–Kier alpha value is -2.11. The van der Waals surface area contributed by atoms with Crippen molar-refractivity contribution in [1.82, 2.24) is 0 Å². The van der Waals surface area contributed by atoms with Crippen LogP contribution in [0.1, 0.15) is 284 Å². The lowest BCUT2D eigenvalue weighted by molar-refractivity contribution is -0.167. The summed E-state index contributed by atoms with van der Waals surface area (Å²) in [6, 6.07) is 0. The summed E-state index contributed by atoms with van der Waals surface area (Å²) in [5.41, 5.74) is 0. The summed E-state index contributed by atoms with van der Waals surface area (Å²) in [5.74, 6) is -0.878. The van der Waals surface area contributed by atoms with Crippen molar-refractivity contribution in [3.63, 3.8) is 0 Å². The minimum atomic E-state index is -0.774. The van der Waals surface area contributed by atoms with Gasteiger partial charge in [-0.2, -0.15) is 0 Å². The number of allylic oxidation sites excluding steroid dienone is 4. The van der Waals surface area contributed by atoms with Gasteiger partial charge >= 0.3 is 17.9 Å². The highest BCUT2D eigenvalue weighted by atomic mass is 16.6. The van der Waals surface area contributed by atoms with Gasteiger partial charge in [0, 0.05) is 19.3 Å². The summed E-state index contributed by atoms with van der Waals surface area (Å²) >= 11 is 0. The van der Waals surface area contributed by atoms with Gasteiger partial charge in [0.05, 0.1) is 0 Å². The molecule has 0 aliphatic rings. The Labute approximate surface area is 373 Å². The van der Waals surface area contributed by atoms with Crippen LogP contribution in [0.3, 0.4) is 0 Å². The SMILES string of the molecule is CCCCCCC/C=C\CCCCCCCC(=O)OC(COC(=O)CCCCCCC/C=C\CCCCCCCC)COC(=O)CCCCCCCCCCCCCCC. The molecule has 0 heterocycles. The van der Waals surface area contributed by atoms with Crippen molar-refractivity contribution in [3.05, 3.63) is 24.3 Å². The molecule has 0 amide bonds. The number of ether oxygens (including phenoxy) is 3. The molecule has 1 unspecified atom stereocenters. The first-order chi connectivity index (χ1) is 29.5. The molecule has 0 aliphatic heterocycles. The molecule has 0 saturated heterocycles. The maximum Gasteiger partial charge on any atom is 0.306 e. The number of carbonyl (C=O) groups excluding carboxylic acids is 3. The van der Waals surface area contributed by atoms with E-state index in [-0.39, 0.29) is 31.1 Å². The molecule has 60 heavy (non-hydrogen) atoms. The second kappa shape index (κ2) is 49.5. The van der Waals surface area contributed by atoms with Crippen LogP contribution in [0.2, 0.25) is 0 Å². The lowest BCUT2D eigenvalue weighted by Crippen LogP contribution is -2.30. The Morgan fingerprint density at radius 1 is 0.317 bits per heavy atom. The third-order valence-corrected chi connectivity index (χ3v) is 11.7. The lowest BCUT2D eigenvalue weighted by atomic mass is 10.0. The van der Waals surface area contributed by atoms with E-state index in [0.717, 1.165) is 70.6 Å². The molecular weight excluding hydrogens is 745 g/mol. The van der Waals surface area contributed by atoms with Crippen LogP contribution < -0.4 is 0 Å². The largest absolute Gasteiger partial charge is 0.462 e. The van der Waals surface area contributed by atoms with Crippen molar-refractivity contribution in [2.75, 3.05) is 13.2 Å². The van der Waals surface area contributed by atoms with Gasteiger partial charge in [0.15, 0.2) is 6.10 Å². The van der Waals surface area contributed by atoms with E-state index in [4.69, 9.17) is 14.2 Å². The van der Waals surface area contributed by atoms with E-state index in [1.165, 1.54) is 173 Å². The first-order valence-corrected chi connectivity index (χ1v) is 26.3. The molecule has 0 fully saturated rings. The number of unbranched alkanes of at least 4 members (excludes halogenated alkanes) is 33. The molecule has 0 saturated carbocycles. The van der Waals surface area contributed by atoms with E-state index in [1.54, 1.807) is 0 Å². The second-order valence-corrected chi connectivity index (χ2v) is 17.8. The highest BCUT2D eigenvalue weighted by Gasteiger charge is 2.19. The van der Waals surface area contributed by atoms with Gasteiger partial charge in [-0.05, 0) is 70.6 Å². The van der Waals surface area contributed by atoms with Crippen LogP contribution >= 0.6 is 0 Å². The van der Waals surface area contributed by atoms with E-state index in [2.05, 4.69) is 45.1 Å². The summed E-state index contributed by atoms with van der Waals surface area (Å²) in [5, 5.41) is 0. The molecule has 0 spiro atoms. The molecule has 0 bridgehead atoms. The predicted octanol–water partition coefficient (Wildman–Crippen LogP) is 17.2. The van der Waals surface area contributed by atoms with Crippen LogP contribution in [0.25, 0.3) is 0 Å². The fourth-order valence-corrected chi connectivity index (χ4v) is 7.67. The van der Waals surface area contributed by atoms with E-state index >= 15 is 0 Å². The number of hydrogen-bond donors (Lipinski definition) is 0. The quantitative estimate of drug-likeness (QED) is 0.0263. The molecule has 352 valence electrons. The van der Waals surface area contributed by atoms with Gasteiger partial charge in [0.2, 0.25) is 0 Å². The second-order valence-electron chi connectivity index (χ2n) is 17.8. The Kier molecular flexibility index (Phi) is 47.8. The summed E-state index contributed by atoms with van der Waals surface area (Å²) in [7, 11) is 0. The van der Waals surface area contributed by atoms with E-state index in [0.29, 0.717) is 19.3 Å². The summed E-state index contributed by atoms with van der Waals surface area (Å²) in [6.07, 6.45) is 55.8. The smallest absolute Gasteiger partial charge is 0.306 e. The molecule has 1 atom stereocenters. The normalized spacial score (nSPS) is 12.1. The first kappa shape index (κ1) is 57.9. The average molecular weight is 845 g/mol. The number of hydrogen-bond acceptors (Lipinski definition) is 6. The minimum absolute atomic E-state index is 0.0735. The van der Waals surface area contributed by atoms with Gasteiger partial charge in [-0.25, -0.2) is 0 Å². The lowest BCUT2D eigenvalue weighted by Gasteiger charge is -2.18. The fourth-order valence-electron chi connectivity index (χ4n) is 7.67. The zero-order valence-electron chi connectivity index (χ0n) is 40.2. The molecule has 0 aliphatic carbocycles. The van der Waals surface area contributed by atoms with E-state index in [1.807, 2.05) is 0 Å². The minimum Gasteiger partial charge on any atom is -0.462 e. The molecule has 6 nitrogen and oxygen atoms in total. The van der Waals surface area contributed by atoms with Crippen LogP contribution in [-0.2, 0) is 28.6 Å². The van der Waals surface area contributed by atoms with E-state index in [9.17, 15) is 14.4 Å². The van der Waals surface area contributed by atoms with Crippen LogP contribution in [0.4, 0.5) is 0 Å². The average Bonchev–Trinajstić information content (AvgIpc) is 3.24.